The number of hydrogen-bond donors (Lipinski definition) is 0. The van der Waals surface area contributed by atoms with E-state index in [-0.39, 0.29) is 11.8 Å². The summed E-state index contributed by atoms with van der Waals surface area (Å²) in [6.45, 7) is 4.57. The molecule has 0 N–H and O–H groups in total. The first-order valence-corrected chi connectivity index (χ1v) is 9.26. The molecule has 27 heavy (non-hydrogen) atoms. The lowest BCUT2D eigenvalue weighted by molar-refractivity contribution is -0.709. The first-order valence-electron chi connectivity index (χ1n) is 9.26. The molecule has 0 saturated heterocycles. The molecule has 2 aromatic carbocycles. The SMILES string of the molecule is Cc1ccc(C(=O)Cn2ccc3c[n+](C(C)c4ccccc4)ccc32)cc1. The van der Waals surface area contributed by atoms with Crippen LogP contribution in [0.2, 0.25) is 0 Å². The van der Waals surface area contributed by atoms with E-state index in [1.807, 2.05) is 48.0 Å². The highest BCUT2D eigenvalue weighted by Gasteiger charge is 2.17. The molecule has 0 bridgehead atoms. The second-order valence-electron chi connectivity index (χ2n) is 7.05. The Kier molecular flexibility index (Phi) is 4.59. The molecule has 3 heteroatoms. The van der Waals surface area contributed by atoms with E-state index >= 15 is 0 Å². The van der Waals surface area contributed by atoms with Crippen LogP contribution in [0.1, 0.15) is 34.5 Å². The number of carbonyl (C=O) groups is 1. The maximum Gasteiger partial charge on any atom is 0.182 e. The smallest absolute Gasteiger partial charge is 0.182 e. The Morgan fingerprint density at radius 1 is 1.00 bits per heavy atom. The van der Waals surface area contributed by atoms with E-state index in [2.05, 4.69) is 60.3 Å². The molecule has 0 saturated carbocycles. The summed E-state index contributed by atoms with van der Waals surface area (Å²) in [7, 11) is 0. The number of aryl methyl sites for hydroxylation is 1. The van der Waals surface area contributed by atoms with E-state index in [1.165, 1.54) is 5.56 Å². The van der Waals surface area contributed by atoms with Crippen molar-refractivity contribution in [1.29, 1.82) is 0 Å². The van der Waals surface area contributed by atoms with Crippen molar-refractivity contribution in [3.8, 4) is 0 Å². The first kappa shape index (κ1) is 17.2. The summed E-state index contributed by atoms with van der Waals surface area (Å²) >= 11 is 0. The summed E-state index contributed by atoms with van der Waals surface area (Å²) < 4.78 is 4.23. The number of Topliss-reactive ketones (excluding diaryl/α,β-unsaturated/α-hetero) is 1. The van der Waals surface area contributed by atoms with Gasteiger partial charge in [0, 0.05) is 30.3 Å². The maximum absolute atomic E-state index is 12.6. The van der Waals surface area contributed by atoms with E-state index < -0.39 is 0 Å². The zero-order chi connectivity index (χ0) is 18.8. The minimum Gasteiger partial charge on any atom is -0.339 e. The zero-order valence-electron chi connectivity index (χ0n) is 15.7. The van der Waals surface area contributed by atoms with Crippen molar-refractivity contribution in [3.05, 3.63) is 102 Å². The number of carbonyl (C=O) groups excluding carboxylic acids is 1. The molecule has 0 spiro atoms. The highest BCUT2D eigenvalue weighted by atomic mass is 16.1. The fraction of sp³-hybridized carbons (Fsp3) is 0.167. The normalized spacial score (nSPS) is 12.2. The molecule has 0 radical (unpaired) electrons. The van der Waals surface area contributed by atoms with Crippen LogP contribution in [0, 0.1) is 6.92 Å². The minimum atomic E-state index is 0.127. The minimum absolute atomic E-state index is 0.127. The van der Waals surface area contributed by atoms with Crippen LogP contribution in [-0.4, -0.2) is 10.4 Å². The van der Waals surface area contributed by atoms with E-state index in [1.54, 1.807) is 0 Å². The van der Waals surface area contributed by atoms with Crippen LogP contribution in [0.5, 0.6) is 0 Å². The number of aromatic nitrogens is 2. The van der Waals surface area contributed by atoms with Crippen molar-refractivity contribution in [3.63, 3.8) is 0 Å². The second-order valence-corrected chi connectivity index (χ2v) is 7.05. The van der Waals surface area contributed by atoms with Gasteiger partial charge in [0.2, 0.25) is 0 Å². The molecule has 2 aromatic heterocycles. The van der Waals surface area contributed by atoms with Crippen LogP contribution in [0.15, 0.2) is 85.3 Å². The first-order chi connectivity index (χ1) is 13.1. The molecule has 0 aliphatic carbocycles. The summed E-state index contributed by atoms with van der Waals surface area (Å²) in [6.07, 6.45) is 6.24. The monoisotopic (exact) mass is 355 g/mol. The van der Waals surface area contributed by atoms with Crippen molar-refractivity contribution in [2.45, 2.75) is 26.4 Å². The number of hydrogen-bond acceptors (Lipinski definition) is 1. The van der Waals surface area contributed by atoms with Crippen LogP contribution < -0.4 is 4.57 Å². The molecular formula is C24H23N2O+. The van der Waals surface area contributed by atoms with Gasteiger partial charge in [-0.3, -0.25) is 4.79 Å². The van der Waals surface area contributed by atoms with Gasteiger partial charge in [-0.25, -0.2) is 0 Å². The molecule has 2 heterocycles. The number of nitrogens with zero attached hydrogens (tertiary/aromatic N) is 2. The maximum atomic E-state index is 12.6. The average molecular weight is 355 g/mol. The molecule has 3 nitrogen and oxygen atoms in total. The highest BCUT2D eigenvalue weighted by molar-refractivity contribution is 5.96. The van der Waals surface area contributed by atoms with Crippen LogP contribution >= 0.6 is 0 Å². The number of rotatable bonds is 5. The number of benzene rings is 2. The molecule has 134 valence electrons. The van der Waals surface area contributed by atoms with Gasteiger partial charge in [-0.05, 0) is 13.0 Å². The Morgan fingerprint density at radius 2 is 1.74 bits per heavy atom. The Bertz CT molecular complexity index is 1080. The lowest BCUT2D eigenvalue weighted by Crippen LogP contribution is -2.37. The highest BCUT2D eigenvalue weighted by Crippen LogP contribution is 2.17. The number of fused-ring (bicyclic) bond motifs is 1. The van der Waals surface area contributed by atoms with E-state index in [9.17, 15) is 4.79 Å². The van der Waals surface area contributed by atoms with Crippen molar-refractivity contribution < 1.29 is 9.36 Å². The van der Waals surface area contributed by atoms with Crippen LogP contribution in [0.3, 0.4) is 0 Å². The molecule has 1 atom stereocenters. The van der Waals surface area contributed by atoms with Crippen molar-refractivity contribution in [2.24, 2.45) is 0 Å². The van der Waals surface area contributed by atoms with E-state index in [0.717, 1.165) is 22.0 Å². The topological polar surface area (TPSA) is 25.9 Å². The number of pyridine rings is 1. The lowest BCUT2D eigenvalue weighted by Gasteiger charge is -2.08. The van der Waals surface area contributed by atoms with Gasteiger partial charge in [0.25, 0.3) is 0 Å². The van der Waals surface area contributed by atoms with Crippen molar-refractivity contribution >= 4 is 16.7 Å². The average Bonchev–Trinajstić information content (AvgIpc) is 3.10. The summed E-state index contributed by atoms with van der Waals surface area (Å²) in [5, 5.41) is 1.14. The summed E-state index contributed by atoms with van der Waals surface area (Å²) in [4.78, 5) is 12.6. The van der Waals surface area contributed by atoms with Crippen LogP contribution in [0.4, 0.5) is 0 Å². The van der Waals surface area contributed by atoms with Gasteiger partial charge in [-0.1, -0.05) is 60.2 Å². The van der Waals surface area contributed by atoms with Crippen molar-refractivity contribution in [2.75, 3.05) is 0 Å². The van der Waals surface area contributed by atoms with Gasteiger partial charge in [0.05, 0.1) is 17.4 Å². The zero-order valence-corrected chi connectivity index (χ0v) is 15.7. The summed E-state index contributed by atoms with van der Waals surface area (Å²) in [5.74, 6) is 0.127. The molecular weight excluding hydrogens is 332 g/mol. The van der Waals surface area contributed by atoms with Gasteiger partial charge in [-0.15, -0.1) is 0 Å². The third-order valence-electron chi connectivity index (χ3n) is 5.15. The Balaban J connectivity index is 1.59. The van der Waals surface area contributed by atoms with Crippen molar-refractivity contribution in [1.82, 2.24) is 4.57 Å². The second kappa shape index (κ2) is 7.20. The molecule has 0 amide bonds. The van der Waals surface area contributed by atoms with Crippen LogP contribution in [0.25, 0.3) is 10.9 Å². The third kappa shape index (κ3) is 3.54. The predicted molar refractivity (Wildman–Crippen MR) is 108 cm³/mol. The molecule has 0 aliphatic rings. The molecule has 1 unspecified atom stereocenters. The van der Waals surface area contributed by atoms with E-state index in [4.69, 9.17) is 0 Å². The van der Waals surface area contributed by atoms with Gasteiger partial charge >= 0.3 is 0 Å². The quantitative estimate of drug-likeness (QED) is 0.375. The Labute approximate surface area is 159 Å². The molecule has 4 rings (SSSR count). The Morgan fingerprint density at radius 3 is 2.48 bits per heavy atom. The largest absolute Gasteiger partial charge is 0.339 e. The molecule has 0 fully saturated rings. The predicted octanol–water partition coefficient (Wildman–Crippen LogP) is 4.73. The van der Waals surface area contributed by atoms with Gasteiger partial charge in [-0.2, -0.15) is 4.57 Å². The summed E-state index contributed by atoms with van der Waals surface area (Å²) in [5.41, 5.74) is 4.27. The van der Waals surface area contributed by atoms with Gasteiger partial charge in [0.1, 0.15) is 0 Å². The third-order valence-corrected chi connectivity index (χ3v) is 5.15. The molecule has 0 aliphatic heterocycles. The fourth-order valence-electron chi connectivity index (χ4n) is 3.43. The summed E-state index contributed by atoms with van der Waals surface area (Å²) in [6, 6.07) is 22.7. The van der Waals surface area contributed by atoms with Crippen LogP contribution in [-0.2, 0) is 6.54 Å². The van der Waals surface area contributed by atoms with Gasteiger partial charge in [0.15, 0.2) is 24.2 Å². The fourth-order valence-corrected chi connectivity index (χ4v) is 3.43. The van der Waals surface area contributed by atoms with Gasteiger partial charge < -0.3 is 4.57 Å². The molecule has 4 aromatic rings. The number of ketones is 1. The Hall–Kier alpha value is -3.20. The standard InChI is InChI=1S/C24H23N2O/c1-18-8-10-21(11-9-18)24(27)17-26-14-12-22-16-25(15-13-23(22)26)19(2)20-6-4-3-5-7-20/h3-16,19H,17H2,1-2H3/q+1. The van der Waals surface area contributed by atoms with E-state index in [0.29, 0.717) is 6.54 Å². The lowest BCUT2D eigenvalue weighted by atomic mass is 10.1.